The Hall–Kier alpha value is -0.810. The highest BCUT2D eigenvalue weighted by atomic mass is 16.6. The Labute approximate surface area is 103 Å². The highest BCUT2D eigenvalue weighted by Crippen LogP contribution is 2.26. The zero-order valence-electron chi connectivity index (χ0n) is 11.2. The van der Waals surface area contributed by atoms with Gasteiger partial charge in [0.05, 0.1) is 18.3 Å². The van der Waals surface area contributed by atoms with Crippen LogP contribution < -0.4 is 0 Å². The van der Waals surface area contributed by atoms with Gasteiger partial charge in [0.25, 0.3) is 0 Å². The number of nitrogens with zero attached hydrogens (tertiary/aromatic N) is 1. The molecule has 0 spiro atoms. The average Bonchev–Trinajstić information content (AvgIpc) is 2.29. The molecule has 100 valence electrons. The van der Waals surface area contributed by atoms with Crippen LogP contribution in [0.4, 0.5) is 4.79 Å². The van der Waals surface area contributed by atoms with Crippen LogP contribution in [0.1, 0.15) is 26.7 Å². The van der Waals surface area contributed by atoms with Crippen LogP contribution in [0.2, 0.25) is 0 Å². The number of piperidine rings is 1. The van der Waals surface area contributed by atoms with Gasteiger partial charge in [-0.1, -0.05) is 0 Å². The Morgan fingerprint density at radius 1 is 1.29 bits per heavy atom. The second kappa shape index (κ2) is 6.21. The molecule has 1 rings (SSSR count). The predicted octanol–water partition coefficient (Wildman–Crippen LogP) is 1.66. The summed E-state index contributed by atoms with van der Waals surface area (Å²) in [6.07, 6.45) is 1.26. The number of hydrogen-bond donors (Lipinski definition) is 0. The van der Waals surface area contributed by atoms with Crippen LogP contribution in [0.5, 0.6) is 0 Å². The minimum Gasteiger partial charge on any atom is -0.447 e. The Kier molecular flexibility index (Phi) is 5.21. The Morgan fingerprint density at radius 2 is 1.88 bits per heavy atom. The monoisotopic (exact) mass is 245 g/mol. The van der Waals surface area contributed by atoms with Crippen LogP contribution in [-0.2, 0) is 14.2 Å². The third kappa shape index (κ3) is 3.85. The second-order valence-corrected chi connectivity index (χ2v) is 4.74. The van der Waals surface area contributed by atoms with Gasteiger partial charge in [-0.3, -0.25) is 0 Å². The van der Waals surface area contributed by atoms with Gasteiger partial charge in [-0.2, -0.15) is 0 Å². The van der Waals surface area contributed by atoms with Gasteiger partial charge >= 0.3 is 6.09 Å². The molecule has 5 nitrogen and oxygen atoms in total. The summed E-state index contributed by atoms with van der Waals surface area (Å²) in [5.41, 5.74) is -0.247. The number of carbonyl (C=O) groups excluding carboxylic acids is 1. The maximum absolute atomic E-state index is 11.7. The van der Waals surface area contributed by atoms with Gasteiger partial charge in [0.2, 0.25) is 0 Å². The van der Waals surface area contributed by atoms with Gasteiger partial charge in [0.15, 0.2) is 0 Å². The van der Waals surface area contributed by atoms with Crippen LogP contribution >= 0.6 is 0 Å². The van der Waals surface area contributed by atoms with Gasteiger partial charge in [0, 0.05) is 27.3 Å². The van der Waals surface area contributed by atoms with Crippen LogP contribution in [-0.4, -0.2) is 56.6 Å². The fourth-order valence-corrected chi connectivity index (χ4v) is 2.04. The molecule has 1 heterocycles. The standard InChI is InChI=1S/C12H23NO4/c1-10(2)17-11(14)13-7-5-12(16-4,6-8-13)9-15-3/h10H,5-9H2,1-4H3. The molecule has 1 aliphatic rings. The first-order valence-corrected chi connectivity index (χ1v) is 6.02. The molecule has 0 atom stereocenters. The van der Waals surface area contributed by atoms with Crippen molar-refractivity contribution in [2.75, 3.05) is 33.9 Å². The van der Waals surface area contributed by atoms with E-state index in [1.54, 1.807) is 19.1 Å². The number of rotatable bonds is 4. The topological polar surface area (TPSA) is 48.0 Å². The largest absolute Gasteiger partial charge is 0.447 e. The molecule has 0 aromatic rings. The van der Waals surface area contributed by atoms with Gasteiger partial charge in [-0.25, -0.2) is 4.79 Å². The van der Waals surface area contributed by atoms with E-state index >= 15 is 0 Å². The van der Waals surface area contributed by atoms with E-state index in [1.165, 1.54) is 0 Å². The lowest BCUT2D eigenvalue weighted by Crippen LogP contribution is -2.50. The van der Waals surface area contributed by atoms with Crippen molar-refractivity contribution in [2.24, 2.45) is 0 Å². The van der Waals surface area contributed by atoms with Crippen molar-refractivity contribution in [2.45, 2.75) is 38.4 Å². The minimum absolute atomic E-state index is 0.0735. The average molecular weight is 245 g/mol. The predicted molar refractivity (Wildman–Crippen MR) is 64.0 cm³/mol. The van der Waals surface area contributed by atoms with Crippen molar-refractivity contribution in [3.05, 3.63) is 0 Å². The second-order valence-electron chi connectivity index (χ2n) is 4.74. The first-order chi connectivity index (χ1) is 8.03. The molecule has 17 heavy (non-hydrogen) atoms. The summed E-state index contributed by atoms with van der Waals surface area (Å²) in [5, 5.41) is 0. The molecule has 0 aromatic heterocycles. The van der Waals surface area contributed by atoms with Crippen molar-refractivity contribution >= 4 is 6.09 Å². The fraction of sp³-hybridized carbons (Fsp3) is 0.917. The highest BCUT2D eigenvalue weighted by Gasteiger charge is 2.36. The van der Waals surface area contributed by atoms with Crippen LogP contribution in [0.15, 0.2) is 0 Å². The Morgan fingerprint density at radius 3 is 2.29 bits per heavy atom. The van der Waals surface area contributed by atoms with Gasteiger partial charge in [-0.05, 0) is 26.7 Å². The summed E-state index contributed by atoms with van der Waals surface area (Å²) in [5.74, 6) is 0. The smallest absolute Gasteiger partial charge is 0.410 e. The van der Waals surface area contributed by atoms with Crippen molar-refractivity contribution in [1.29, 1.82) is 0 Å². The number of carbonyl (C=O) groups is 1. The molecule has 0 unspecified atom stereocenters. The lowest BCUT2D eigenvalue weighted by Gasteiger charge is -2.40. The first-order valence-electron chi connectivity index (χ1n) is 6.02. The summed E-state index contributed by atoms with van der Waals surface area (Å²) in [6.45, 7) is 5.58. The number of methoxy groups -OCH3 is 2. The van der Waals surface area contributed by atoms with Crippen LogP contribution in [0.25, 0.3) is 0 Å². The molecule has 1 aliphatic heterocycles. The highest BCUT2D eigenvalue weighted by molar-refractivity contribution is 5.67. The summed E-state index contributed by atoms with van der Waals surface area (Å²) in [6, 6.07) is 0. The SMILES string of the molecule is COCC1(OC)CCN(C(=O)OC(C)C)CC1. The zero-order chi connectivity index (χ0) is 12.9. The molecule has 1 saturated heterocycles. The lowest BCUT2D eigenvalue weighted by molar-refractivity contribution is -0.0962. The van der Waals surface area contributed by atoms with E-state index in [9.17, 15) is 4.79 Å². The number of amides is 1. The maximum Gasteiger partial charge on any atom is 0.410 e. The van der Waals surface area contributed by atoms with Crippen molar-refractivity contribution < 1.29 is 19.0 Å². The molecule has 0 bridgehead atoms. The van der Waals surface area contributed by atoms with Gasteiger partial charge in [-0.15, -0.1) is 0 Å². The zero-order valence-corrected chi connectivity index (χ0v) is 11.2. The molecule has 1 fully saturated rings. The molecule has 0 aromatic carbocycles. The van der Waals surface area contributed by atoms with E-state index in [0.29, 0.717) is 19.7 Å². The summed E-state index contributed by atoms with van der Waals surface area (Å²) < 4.78 is 15.9. The molecular formula is C12H23NO4. The van der Waals surface area contributed by atoms with Gasteiger partial charge < -0.3 is 19.1 Å². The number of ether oxygens (including phenoxy) is 3. The van der Waals surface area contributed by atoms with E-state index < -0.39 is 0 Å². The third-order valence-electron chi connectivity index (χ3n) is 3.11. The Bertz CT molecular complexity index is 247. The van der Waals surface area contributed by atoms with Gasteiger partial charge in [0.1, 0.15) is 0 Å². The summed E-state index contributed by atoms with van der Waals surface area (Å²) in [4.78, 5) is 13.4. The van der Waals surface area contributed by atoms with E-state index in [-0.39, 0.29) is 17.8 Å². The molecule has 0 N–H and O–H groups in total. The minimum atomic E-state index is -0.247. The van der Waals surface area contributed by atoms with E-state index in [4.69, 9.17) is 14.2 Å². The summed E-state index contributed by atoms with van der Waals surface area (Å²) >= 11 is 0. The van der Waals surface area contributed by atoms with Crippen molar-refractivity contribution in [3.63, 3.8) is 0 Å². The molecule has 1 amide bonds. The lowest BCUT2D eigenvalue weighted by atomic mass is 9.92. The van der Waals surface area contributed by atoms with Crippen molar-refractivity contribution in [3.8, 4) is 0 Å². The van der Waals surface area contributed by atoms with Crippen LogP contribution in [0, 0.1) is 0 Å². The molecule has 0 aliphatic carbocycles. The third-order valence-corrected chi connectivity index (χ3v) is 3.11. The molecule has 0 radical (unpaired) electrons. The number of likely N-dealkylation sites (tertiary alicyclic amines) is 1. The molecule has 5 heteroatoms. The maximum atomic E-state index is 11.7. The van der Waals surface area contributed by atoms with E-state index in [2.05, 4.69) is 0 Å². The first kappa shape index (κ1) is 14.3. The summed E-state index contributed by atoms with van der Waals surface area (Å²) in [7, 11) is 3.36. The normalized spacial score (nSPS) is 19.5. The quantitative estimate of drug-likeness (QED) is 0.755. The number of hydrogen-bond acceptors (Lipinski definition) is 4. The molecular weight excluding hydrogens is 222 g/mol. The molecule has 0 saturated carbocycles. The van der Waals surface area contributed by atoms with E-state index in [0.717, 1.165) is 12.8 Å². The van der Waals surface area contributed by atoms with E-state index in [1.807, 2.05) is 13.8 Å². The Balaban J connectivity index is 2.46. The van der Waals surface area contributed by atoms with Crippen LogP contribution in [0.3, 0.4) is 0 Å². The van der Waals surface area contributed by atoms with Crippen molar-refractivity contribution in [1.82, 2.24) is 4.90 Å². The fourth-order valence-electron chi connectivity index (χ4n) is 2.04.